The van der Waals surface area contributed by atoms with E-state index in [0.29, 0.717) is 30.7 Å². The molecule has 0 aromatic heterocycles. The lowest BCUT2D eigenvalue weighted by atomic mass is 10.1. The molecule has 0 unspecified atom stereocenters. The third-order valence-electron chi connectivity index (χ3n) is 3.83. The van der Waals surface area contributed by atoms with E-state index in [4.69, 9.17) is 10.5 Å². The summed E-state index contributed by atoms with van der Waals surface area (Å²) in [7, 11) is 0. The zero-order valence-electron chi connectivity index (χ0n) is 14.0. The minimum absolute atomic E-state index is 0.173. The summed E-state index contributed by atoms with van der Waals surface area (Å²) in [5.74, 6) is 0.104. The minimum Gasteiger partial charge on any atom is -0.493 e. The van der Waals surface area contributed by atoms with Crippen LogP contribution in [0.2, 0.25) is 0 Å². The van der Waals surface area contributed by atoms with Crippen LogP contribution in [0.1, 0.15) is 34.3 Å². The number of ether oxygens (including phenoxy) is 1. The normalized spacial score (nSPS) is 10.2. The Kier molecular flexibility index (Phi) is 5.95. The number of benzene rings is 2. The van der Waals surface area contributed by atoms with Crippen LogP contribution in [0.4, 0.5) is 5.69 Å². The van der Waals surface area contributed by atoms with E-state index in [0.717, 1.165) is 11.3 Å². The summed E-state index contributed by atoms with van der Waals surface area (Å²) in [6, 6.07) is 12.6. The highest BCUT2D eigenvalue weighted by atomic mass is 16.5. The zero-order chi connectivity index (χ0) is 17.5. The molecule has 2 aromatic rings. The standard InChI is InChI=1S/C19H22N2O3/c1-13-7-5-10-17(14(13)2)24-12-6-11-18(22)21-16-9-4-3-8-15(16)19(20)23/h3-5,7-10H,6,11-12H2,1-2H3,(H2,20,23)(H,21,22). The van der Waals surface area contributed by atoms with Crippen molar-refractivity contribution in [3.8, 4) is 5.75 Å². The van der Waals surface area contributed by atoms with Crippen LogP contribution >= 0.6 is 0 Å². The number of anilines is 1. The van der Waals surface area contributed by atoms with Crippen LogP contribution in [0.15, 0.2) is 42.5 Å². The van der Waals surface area contributed by atoms with Crippen LogP contribution in [0.3, 0.4) is 0 Å². The molecule has 0 atom stereocenters. The lowest BCUT2D eigenvalue weighted by Crippen LogP contribution is -2.18. The van der Waals surface area contributed by atoms with Crippen molar-refractivity contribution in [2.75, 3.05) is 11.9 Å². The molecule has 0 saturated heterocycles. The SMILES string of the molecule is Cc1cccc(OCCCC(=O)Nc2ccccc2C(N)=O)c1C. The number of rotatable bonds is 7. The molecule has 0 heterocycles. The first-order chi connectivity index (χ1) is 11.5. The van der Waals surface area contributed by atoms with Crippen LogP contribution in [0.5, 0.6) is 5.75 Å². The van der Waals surface area contributed by atoms with Crippen molar-refractivity contribution >= 4 is 17.5 Å². The Labute approximate surface area is 141 Å². The molecule has 5 nitrogen and oxygen atoms in total. The summed E-state index contributed by atoms with van der Waals surface area (Å²) < 4.78 is 5.73. The first-order valence-corrected chi connectivity index (χ1v) is 7.86. The van der Waals surface area contributed by atoms with E-state index in [1.54, 1.807) is 24.3 Å². The summed E-state index contributed by atoms with van der Waals surface area (Å²) >= 11 is 0. The van der Waals surface area contributed by atoms with Gasteiger partial charge in [-0.15, -0.1) is 0 Å². The predicted molar refractivity (Wildman–Crippen MR) is 94.2 cm³/mol. The third kappa shape index (κ3) is 4.59. The number of para-hydroxylation sites is 1. The lowest BCUT2D eigenvalue weighted by molar-refractivity contribution is -0.116. The van der Waals surface area contributed by atoms with E-state index in [2.05, 4.69) is 5.32 Å². The van der Waals surface area contributed by atoms with Gasteiger partial charge in [-0.3, -0.25) is 9.59 Å². The molecule has 2 amide bonds. The van der Waals surface area contributed by atoms with E-state index < -0.39 is 5.91 Å². The number of nitrogens with two attached hydrogens (primary N) is 1. The molecule has 0 radical (unpaired) electrons. The van der Waals surface area contributed by atoms with Gasteiger partial charge in [0.05, 0.1) is 17.9 Å². The second-order valence-corrected chi connectivity index (χ2v) is 5.61. The summed E-state index contributed by atoms with van der Waals surface area (Å²) in [5.41, 5.74) is 8.31. The number of carbonyl (C=O) groups is 2. The van der Waals surface area contributed by atoms with Crippen LogP contribution in [0.25, 0.3) is 0 Å². The van der Waals surface area contributed by atoms with Gasteiger partial charge in [0.15, 0.2) is 0 Å². The van der Waals surface area contributed by atoms with Crippen LogP contribution in [-0.4, -0.2) is 18.4 Å². The monoisotopic (exact) mass is 326 g/mol. The van der Waals surface area contributed by atoms with Crippen molar-refractivity contribution in [2.45, 2.75) is 26.7 Å². The minimum atomic E-state index is -0.566. The van der Waals surface area contributed by atoms with Gasteiger partial charge in [0, 0.05) is 6.42 Å². The number of aryl methyl sites for hydroxylation is 1. The quantitative estimate of drug-likeness (QED) is 0.767. The van der Waals surface area contributed by atoms with Gasteiger partial charge in [0.25, 0.3) is 5.91 Å². The highest BCUT2D eigenvalue weighted by Crippen LogP contribution is 2.21. The Balaban J connectivity index is 1.82. The molecule has 3 N–H and O–H groups in total. The summed E-state index contributed by atoms with van der Waals surface area (Å²) in [4.78, 5) is 23.3. The molecule has 5 heteroatoms. The fourth-order valence-electron chi connectivity index (χ4n) is 2.32. The van der Waals surface area contributed by atoms with Crippen LogP contribution in [0, 0.1) is 13.8 Å². The molecule has 0 aliphatic heterocycles. The summed E-state index contributed by atoms with van der Waals surface area (Å²) in [5, 5.41) is 2.72. The Morgan fingerprint density at radius 3 is 2.58 bits per heavy atom. The second-order valence-electron chi connectivity index (χ2n) is 5.61. The number of hydrogen-bond acceptors (Lipinski definition) is 3. The third-order valence-corrected chi connectivity index (χ3v) is 3.83. The molecule has 126 valence electrons. The Hall–Kier alpha value is -2.82. The molecule has 24 heavy (non-hydrogen) atoms. The van der Waals surface area contributed by atoms with Gasteiger partial charge in [-0.25, -0.2) is 0 Å². The molecule has 0 spiro atoms. The van der Waals surface area contributed by atoms with Crippen LogP contribution in [-0.2, 0) is 4.79 Å². The maximum atomic E-state index is 12.0. The van der Waals surface area contributed by atoms with E-state index in [9.17, 15) is 9.59 Å². The Morgan fingerprint density at radius 1 is 1.08 bits per heavy atom. The number of hydrogen-bond donors (Lipinski definition) is 2. The van der Waals surface area contributed by atoms with Crippen LogP contribution < -0.4 is 15.8 Å². The fraction of sp³-hybridized carbons (Fsp3) is 0.263. The maximum absolute atomic E-state index is 12.0. The second kappa shape index (κ2) is 8.15. The van der Waals surface area contributed by atoms with Crippen molar-refractivity contribution in [2.24, 2.45) is 5.73 Å². The number of carbonyl (C=O) groups excluding carboxylic acids is 2. The molecule has 2 rings (SSSR count). The molecule has 0 fully saturated rings. The van der Waals surface area contributed by atoms with Crippen molar-refractivity contribution < 1.29 is 14.3 Å². The highest BCUT2D eigenvalue weighted by Gasteiger charge is 2.10. The molecule has 2 aromatic carbocycles. The topological polar surface area (TPSA) is 81.4 Å². The maximum Gasteiger partial charge on any atom is 0.250 e. The smallest absolute Gasteiger partial charge is 0.250 e. The molecule has 0 aliphatic rings. The highest BCUT2D eigenvalue weighted by molar-refractivity contribution is 6.02. The first kappa shape index (κ1) is 17.5. The molecule has 0 saturated carbocycles. The summed E-state index contributed by atoms with van der Waals surface area (Å²) in [6.07, 6.45) is 0.885. The van der Waals surface area contributed by atoms with Gasteiger partial charge >= 0.3 is 0 Å². The van der Waals surface area contributed by atoms with Crippen molar-refractivity contribution in [1.82, 2.24) is 0 Å². The van der Waals surface area contributed by atoms with Crippen molar-refractivity contribution in [3.05, 3.63) is 59.2 Å². The van der Waals surface area contributed by atoms with Gasteiger partial charge in [-0.05, 0) is 49.6 Å². The van der Waals surface area contributed by atoms with Gasteiger partial charge in [-0.2, -0.15) is 0 Å². The molecule has 0 aliphatic carbocycles. The van der Waals surface area contributed by atoms with E-state index in [-0.39, 0.29) is 5.91 Å². The van der Waals surface area contributed by atoms with Gasteiger partial charge in [0.1, 0.15) is 5.75 Å². The van der Waals surface area contributed by atoms with E-state index in [1.807, 2.05) is 32.0 Å². The fourth-order valence-corrected chi connectivity index (χ4v) is 2.32. The number of primary amides is 1. The average molecular weight is 326 g/mol. The zero-order valence-corrected chi connectivity index (χ0v) is 14.0. The molecule has 0 bridgehead atoms. The first-order valence-electron chi connectivity index (χ1n) is 7.86. The average Bonchev–Trinajstić information content (AvgIpc) is 2.55. The van der Waals surface area contributed by atoms with Gasteiger partial charge in [0.2, 0.25) is 5.91 Å². The van der Waals surface area contributed by atoms with Gasteiger partial charge < -0.3 is 15.8 Å². The summed E-state index contributed by atoms with van der Waals surface area (Å²) in [6.45, 7) is 4.50. The number of nitrogens with one attached hydrogen (secondary N) is 1. The molecular formula is C19H22N2O3. The number of amides is 2. The van der Waals surface area contributed by atoms with Crippen molar-refractivity contribution in [1.29, 1.82) is 0 Å². The molecular weight excluding hydrogens is 304 g/mol. The lowest BCUT2D eigenvalue weighted by Gasteiger charge is -2.11. The van der Waals surface area contributed by atoms with Crippen molar-refractivity contribution in [3.63, 3.8) is 0 Å². The van der Waals surface area contributed by atoms with Gasteiger partial charge in [-0.1, -0.05) is 24.3 Å². The van der Waals surface area contributed by atoms with E-state index in [1.165, 1.54) is 5.56 Å². The van der Waals surface area contributed by atoms with E-state index >= 15 is 0 Å². The Bertz CT molecular complexity index is 741. The largest absolute Gasteiger partial charge is 0.493 e. The predicted octanol–water partition coefficient (Wildman–Crippen LogP) is 3.20. The Morgan fingerprint density at radius 2 is 1.83 bits per heavy atom.